The minimum Gasteiger partial charge on any atom is -0.327 e. The molecule has 0 bridgehead atoms. The lowest BCUT2D eigenvalue weighted by atomic mass is 9.84. The first kappa shape index (κ1) is 21.3. The van der Waals surface area contributed by atoms with Gasteiger partial charge in [-0.05, 0) is 37.0 Å². The Hall–Kier alpha value is -1.93. The van der Waals surface area contributed by atoms with Gasteiger partial charge in [-0.2, -0.15) is 5.10 Å². The van der Waals surface area contributed by atoms with E-state index < -0.39 is 0 Å². The Bertz CT molecular complexity index is 838. The molecule has 162 valence electrons. The average Bonchev–Trinajstić information content (AvgIpc) is 2.87. The van der Waals surface area contributed by atoms with Crippen LogP contribution in [0.25, 0.3) is 0 Å². The van der Waals surface area contributed by atoms with E-state index in [1.807, 2.05) is 6.07 Å². The third-order valence-electron chi connectivity index (χ3n) is 6.37. The molecule has 0 aromatic heterocycles. The number of rotatable bonds is 4. The number of carbonyl (C=O) groups excluding carboxylic acids is 2. The summed E-state index contributed by atoms with van der Waals surface area (Å²) in [6.45, 7) is 0. The number of benzene rings is 1. The van der Waals surface area contributed by atoms with Gasteiger partial charge in [-0.1, -0.05) is 37.8 Å². The van der Waals surface area contributed by atoms with E-state index in [0.717, 1.165) is 37.7 Å². The van der Waals surface area contributed by atoms with Crippen LogP contribution in [0.2, 0.25) is 0 Å². The summed E-state index contributed by atoms with van der Waals surface area (Å²) in [6.07, 6.45) is 8.34. The molecule has 2 fully saturated rings. The first-order valence-corrected chi connectivity index (χ1v) is 11.7. The molecule has 6 nitrogen and oxygen atoms in total. The summed E-state index contributed by atoms with van der Waals surface area (Å²) in [5.41, 5.74) is 1.09. The van der Waals surface area contributed by atoms with Gasteiger partial charge in [0.05, 0.1) is 0 Å². The lowest BCUT2D eigenvalue weighted by molar-refractivity contribution is -0.130. The predicted octanol–water partition coefficient (Wildman–Crippen LogP) is 3.17. The predicted molar refractivity (Wildman–Crippen MR) is 116 cm³/mol. The molecule has 30 heavy (non-hydrogen) atoms. The van der Waals surface area contributed by atoms with Crippen molar-refractivity contribution in [1.82, 2.24) is 15.6 Å². The molecule has 1 aromatic carbocycles. The van der Waals surface area contributed by atoms with Crippen LogP contribution in [0.1, 0.15) is 56.9 Å². The van der Waals surface area contributed by atoms with E-state index in [9.17, 15) is 14.0 Å². The molecule has 3 aliphatic rings. The monoisotopic (exact) mass is 432 g/mol. The summed E-state index contributed by atoms with van der Waals surface area (Å²) in [4.78, 5) is 24.4. The van der Waals surface area contributed by atoms with Gasteiger partial charge in [-0.3, -0.25) is 14.9 Å². The van der Waals surface area contributed by atoms with Crippen LogP contribution in [0.15, 0.2) is 29.4 Å². The summed E-state index contributed by atoms with van der Waals surface area (Å²) >= 11 is 1.72. The number of amides is 2. The lowest BCUT2D eigenvalue weighted by Gasteiger charge is -2.34. The molecule has 2 unspecified atom stereocenters. The van der Waals surface area contributed by atoms with Crippen molar-refractivity contribution >= 4 is 29.3 Å². The van der Waals surface area contributed by atoms with Gasteiger partial charge in [-0.15, -0.1) is 11.8 Å². The minimum atomic E-state index is -0.227. The van der Waals surface area contributed by atoms with E-state index in [1.165, 1.54) is 23.9 Å². The van der Waals surface area contributed by atoms with E-state index in [-0.39, 0.29) is 33.9 Å². The molecular weight excluding hydrogens is 403 g/mol. The van der Waals surface area contributed by atoms with Gasteiger partial charge >= 0.3 is 0 Å². The summed E-state index contributed by atoms with van der Waals surface area (Å²) in [5.74, 6) is -0.515. The fraction of sp³-hybridized carbons (Fsp3) is 0.591. The van der Waals surface area contributed by atoms with Crippen molar-refractivity contribution < 1.29 is 14.0 Å². The molecule has 1 aromatic rings. The van der Waals surface area contributed by atoms with Gasteiger partial charge in [0, 0.05) is 30.7 Å². The Labute approximate surface area is 181 Å². The molecular formula is C22H29FN4O2S. The topological polar surface area (TPSA) is 73.8 Å². The number of thioether (sulfide) groups is 1. The molecule has 2 N–H and O–H groups in total. The summed E-state index contributed by atoms with van der Waals surface area (Å²) in [7, 11) is 1.58. The van der Waals surface area contributed by atoms with E-state index in [4.69, 9.17) is 0 Å². The van der Waals surface area contributed by atoms with Crippen LogP contribution in [-0.2, 0) is 16.0 Å². The van der Waals surface area contributed by atoms with Crippen molar-refractivity contribution in [2.45, 2.75) is 74.1 Å². The second kappa shape index (κ2) is 9.06. The SMILES string of the molecule is CN1N=C(C(=O)NC2NC3(CCCCCC3)C(Cc3cccc(F)c3)S2)CCC1=O. The molecule has 1 saturated carbocycles. The third-order valence-corrected chi connectivity index (χ3v) is 7.83. The molecule has 1 spiro atoms. The quantitative estimate of drug-likeness (QED) is 0.767. The molecule has 2 heterocycles. The van der Waals surface area contributed by atoms with Crippen LogP contribution in [0.3, 0.4) is 0 Å². The number of halogens is 1. The fourth-order valence-electron chi connectivity index (χ4n) is 4.74. The number of hydrazone groups is 1. The first-order valence-electron chi connectivity index (χ1n) is 10.8. The molecule has 8 heteroatoms. The fourth-order valence-corrected chi connectivity index (χ4v) is 6.39. The highest BCUT2D eigenvalue weighted by atomic mass is 32.2. The summed E-state index contributed by atoms with van der Waals surface area (Å²) in [5, 5.41) is 12.4. The van der Waals surface area contributed by atoms with Gasteiger partial charge in [0.25, 0.3) is 5.91 Å². The van der Waals surface area contributed by atoms with Crippen molar-refractivity contribution in [2.24, 2.45) is 5.10 Å². The largest absolute Gasteiger partial charge is 0.327 e. The zero-order valence-electron chi connectivity index (χ0n) is 17.3. The van der Waals surface area contributed by atoms with Gasteiger partial charge in [0.1, 0.15) is 17.0 Å². The van der Waals surface area contributed by atoms with Crippen molar-refractivity contribution in [1.29, 1.82) is 0 Å². The molecule has 4 rings (SSSR count). The highest BCUT2D eigenvalue weighted by Crippen LogP contribution is 2.44. The maximum atomic E-state index is 13.7. The van der Waals surface area contributed by atoms with Crippen LogP contribution in [0, 0.1) is 5.82 Å². The van der Waals surface area contributed by atoms with E-state index in [1.54, 1.807) is 30.9 Å². The zero-order valence-corrected chi connectivity index (χ0v) is 18.1. The number of hydrogen-bond acceptors (Lipinski definition) is 5. The molecule has 2 atom stereocenters. The van der Waals surface area contributed by atoms with Crippen LogP contribution in [0.4, 0.5) is 4.39 Å². The molecule has 1 aliphatic carbocycles. The van der Waals surface area contributed by atoms with E-state index in [2.05, 4.69) is 15.7 Å². The molecule has 0 radical (unpaired) electrons. The van der Waals surface area contributed by atoms with Gasteiger partial charge in [0.2, 0.25) is 5.91 Å². The number of nitrogens with one attached hydrogen (secondary N) is 2. The highest BCUT2D eigenvalue weighted by Gasteiger charge is 2.47. The second-order valence-corrected chi connectivity index (χ2v) is 9.80. The molecule has 2 amide bonds. The Morgan fingerprint density at radius 1 is 1.30 bits per heavy atom. The number of hydrogen-bond donors (Lipinski definition) is 2. The Morgan fingerprint density at radius 2 is 2.07 bits per heavy atom. The zero-order chi connectivity index (χ0) is 21.1. The first-order chi connectivity index (χ1) is 14.4. The molecule has 2 aliphatic heterocycles. The standard InChI is InChI=1S/C22H29FN4O2S/c1-27-19(28)10-9-17(26-27)20(29)24-21-25-22(11-4-2-3-5-12-22)18(30-21)14-15-7-6-8-16(23)13-15/h6-8,13,18,21,25H,2-5,9-12,14H2,1H3,(H,24,29). The maximum absolute atomic E-state index is 13.7. The van der Waals surface area contributed by atoms with Gasteiger partial charge < -0.3 is 5.32 Å². The lowest BCUT2D eigenvalue weighted by Crippen LogP contribution is -2.53. The smallest absolute Gasteiger partial charge is 0.269 e. The summed E-state index contributed by atoms with van der Waals surface area (Å²) < 4.78 is 13.7. The van der Waals surface area contributed by atoms with Crippen molar-refractivity contribution in [2.75, 3.05) is 7.05 Å². The van der Waals surface area contributed by atoms with Crippen LogP contribution >= 0.6 is 11.8 Å². The van der Waals surface area contributed by atoms with E-state index >= 15 is 0 Å². The van der Waals surface area contributed by atoms with Gasteiger partial charge in [-0.25, -0.2) is 9.40 Å². The van der Waals surface area contributed by atoms with Crippen LogP contribution in [-0.4, -0.2) is 45.9 Å². The van der Waals surface area contributed by atoms with E-state index in [0.29, 0.717) is 18.6 Å². The summed E-state index contributed by atoms with van der Waals surface area (Å²) in [6, 6.07) is 6.82. The average molecular weight is 433 g/mol. The Kier molecular flexibility index (Phi) is 6.43. The van der Waals surface area contributed by atoms with Crippen LogP contribution in [0.5, 0.6) is 0 Å². The normalized spacial score (nSPS) is 26.4. The van der Waals surface area contributed by atoms with Crippen molar-refractivity contribution in [3.8, 4) is 0 Å². The van der Waals surface area contributed by atoms with Crippen LogP contribution < -0.4 is 10.6 Å². The van der Waals surface area contributed by atoms with Gasteiger partial charge in [0.15, 0.2) is 0 Å². The minimum absolute atomic E-state index is 0.0629. The maximum Gasteiger partial charge on any atom is 0.269 e. The Balaban J connectivity index is 1.49. The third kappa shape index (κ3) is 4.70. The van der Waals surface area contributed by atoms with Crippen molar-refractivity contribution in [3.63, 3.8) is 0 Å². The second-order valence-electron chi connectivity index (χ2n) is 8.49. The van der Waals surface area contributed by atoms with Crippen molar-refractivity contribution in [3.05, 3.63) is 35.6 Å². The molecule has 1 saturated heterocycles. The Morgan fingerprint density at radius 3 is 2.77 bits per heavy atom. The number of nitrogens with zero attached hydrogens (tertiary/aromatic N) is 2. The number of carbonyl (C=O) groups is 2. The highest BCUT2D eigenvalue weighted by molar-refractivity contribution is 8.00.